The van der Waals surface area contributed by atoms with Gasteiger partial charge in [-0.2, -0.15) is 5.10 Å². The lowest BCUT2D eigenvalue weighted by Crippen LogP contribution is -2.36. The second kappa shape index (κ2) is 5.35. The summed E-state index contributed by atoms with van der Waals surface area (Å²) >= 11 is 0. The van der Waals surface area contributed by atoms with Crippen molar-refractivity contribution in [1.29, 1.82) is 0 Å². The van der Waals surface area contributed by atoms with Crippen LogP contribution in [0.1, 0.15) is 22.5 Å². The summed E-state index contributed by atoms with van der Waals surface area (Å²) in [6.07, 6.45) is 5.88. The normalized spacial score (nSPS) is 14.9. The highest BCUT2D eigenvalue weighted by molar-refractivity contribution is 5.96. The molecular weight excluding hydrogens is 276 g/mol. The maximum Gasteiger partial charge on any atom is 0.168 e. The fourth-order valence-corrected chi connectivity index (χ4v) is 2.83. The van der Waals surface area contributed by atoms with Crippen molar-refractivity contribution in [2.75, 3.05) is 13.1 Å². The summed E-state index contributed by atoms with van der Waals surface area (Å²) in [7, 11) is 0. The first-order chi connectivity index (χ1) is 10.8. The minimum atomic E-state index is 0.515. The van der Waals surface area contributed by atoms with Crippen LogP contribution in [0.4, 0.5) is 0 Å². The maximum absolute atomic E-state index is 11.1. The molecule has 0 bridgehead atoms. The van der Waals surface area contributed by atoms with Crippen molar-refractivity contribution < 1.29 is 4.79 Å². The van der Waals surface area contributed by atoms with Crippen molar-refractivity contribution in [2.45, 2.75) is 13.0 Å². The number of hydrogen-bond acceptors (Lipinski definition) is 4. The molecular formula is C17H16N4O. The third-order valence-electron chi connectivity index (χ3n) is 4.18. The number of aromatic amines is 1. The largest absolute Gasteiger partial charge is 0.299 e. The number of hydrogen-bond donors (Lipinski definition) is 1. The third-order valence-corrected chi connectivity index (χ3v) is 4.18. The fourth-order valence-electron chi connectivity index (χ4n) is 2.83. The molecule has 4 rings (SSSR count). The van der Waals surface area contributed by atoms with Gasteiger partial charge in [0.05, 0.1) is 5.52 Å². The number of pyridine rings is 1. The van der Waals surface area contributed by atoms with E-state index in [9.17, 15) is 4.79 Å². The van der Waals surface area contributed by atoms with Gasteiger partial charge in [0.1, 0.15) is 5.69 Å². The van der Waals surface area contributed by atoms with Crippen molar-refractivity contribution in [3.05, 3.63) is 47.9 Å². The van der Waals surface area contributed by atoms with E-state index in [-0.39, 0.29) is 0 Å². The lowest BCUT2D eigenvalue weighted by Gasteiger charge is -2.30. The van der Waals surface area contributed by atoms with E-state index >= 15 is 0 Å². The Morgan fingerprint density at radius 2 is 2.09 bits per heavy atom. The van der Waals surface area contributed by atoms with Crippen LogP contribution in [0.5, 0.6) is 0 Å². The van der Waals surface area contributed by atoms with Crippen LogP contribution in [0.2, 0.25) is 0 Å². The molecule has 1 fully saturated rings. The molecule has 110 valence electrons. The molecule has 1 aromatic carbocycles. The van der Waals surface area contributed by atoms with Gasteiger partial charge in [0.2, 0.25) is 0 Å². The number of carbonyl (C=O) groups is 1. The van der Waals surface area contributed by atoms with Crippen molar-refractivity contribution in [3.63, 3.8) is 0 Å². The smallest absolute Gasteiger partial charge is 0.168 e. The Hall–Kier alpha value is -2.53. The van der Waals surface area contributed by atoms with Crippen molar-refractivity contribution >= 4 is 17.2 Å². The van der Waals surface area contributed by atoms with Crippen molar-refractivity contribution in [2.24, 2.45) is 0 Å². The molecule has 5 nitrogen and oxygen atoms in total. The Morgan fingerprint density at radius 3 is 2.86 bits per heavy atom. The summed E-state index contributed by atoms with van der Waals surface area (Å²) in [5, 5.41) is 7.72. The van der Waals surface area contributed by atoms with Crippen LogP contribution >= 0.6 is 0 Å². The minimum Gasteiger partial charge on any atom is -0.299 e. The predicted molar refractivity (Wildman–Crippen MR) is 84.6 cm³/mol. The van der Waals surface area contributed by atoms with E-state index in [1.54, 1.807) is 0 Å². The first kappa shape index (κ1) is 13.2. The van der Waals surface area contributed by atoms with E-state index < -0.39 is 0 Å². The standard InChI is InChI=1S/C17H16N4O/c22-11-17-15-7-13(2-3-16(15)19-20-17)14-6-12(8-18-9-14)10-21-4-1-5-21/h2-3,6-9,11H,1,4-5,10H2,(H,19,20). The van der Waals surface area contributed by atoms with E-state index in [4.69, 9.17) is 0 Å². The van der Waals surface area contributed by atoms with Crippen LogP contribution in [0.15, 0.2) is 36.7 Å². The van der Waals surface area contributed by atoms with E-state index in [1.165, 1.54) is 25.1 Å². The average molecular weight is 292 g/mol. The first-order valence-corrected chi connectivity index (χ1v) is 7.43. The van der Waals surface area contributed by atoms with Gasteiger partial charge in [-0.25, -0.2) is 0 Å². The third kappa shape index (κ3) is 2.29. The molecule has 1 aliphatic rings. The summed E-state index contributed by atoms with van der Waals surface area (Å²) in [4.78, 5) is 17.8. The van der Waals surface area contributed by atoms with Gasteiger partial charge in [-0.05, 0) is 48.8 Å². The molecule has 0 saturated carbocycles. The minimum absolute atomic E-state index is 0.515. The monoisotopic (exact) mass is 292 g/mol. The molecule has 0 amide bonds. The first-order valence-electron chi connectivity index (χ1n) is 7.43. The molecule has 22 heavy (non-hydrogen) atoms. The molecule has 0 aliphatic carbocycles. The Morgan fingerprint density at radius 1 is 1.18 bits per heavy atom. The molecule has 0 unspecified atom stereocenters. The summed E-state index contributed by atoms with van der Waals surface area (Å²) in [5.41, 5.74) is 4.66. The molecule has 3 aromatic rings. The number of aldehydes is 1. The number of rotatable bonds is 4. The number of benzene rings is 1. The zero-order chi connectivity index (χ0) is 14.9. The number of aromatic nitrogens is 3. The van der Waals surface area contributed by atoms with Gasteiger partial charge >= 0.3 is 0 Å². The van der Waals surface area contributed by atoms with Gasteiger partial charge in [-0.15, -0.1) is 0 Å². The zero-order valence-corrected chi connectivity index (χ0v) is 12.1. The van der Waals surface area contributed by atoms with E-state index in [1.807, 2.05) is 30.6 Å². The second-order valence-electron chi connectivity index (χ2n) is 5.70. The van der Waals surface area contributed by atoms with Gasteiger partial charge in [-0.1, -0.05) is 6.07 Å². The molecule has 1 aliphatic heterocycles. The maximum atomic E-state index is 11.1. The second-order valence-corrected chi connectivity index (χ2v) is 5.70. The predicted octanol–water partition coefficient (Wildman–Crippen LogP) is 2.64. The summed E-state index contributed by atoms with van der Waals surface area (Å²) < 4.78 is 0. The Kier molecular flexibility index (Phi) is 3.20. The highest BCUT2D eigenvalue weighted by Crippen LogP contribution is 2.25. The van der Waals surface area contributed by atoms with Gasteiger partial charge < -0.3 is 0 Å². The van der Waals surface area contributed by atoms with Crippen LogP contribution in [-0.2, 0) is 6.54 Å². The number of fused-ring (bicyclic) bond motifs is 1. The highest BCUT2D eigenvalue weighted by Gasteiger charge is 2.14. The lowest BCUT2D eigenvalue weighted by molar-refractivity contribution is 0.112. The van der Waals surface area contributed by atoms with E-state index in [2.05, 4.69) is 26.1 Å². The number of nitrogens with one attached hydrogen (secondary N) is 1. The van der Waals surface area contributed by atoms with Crippen LogP contribution in [0, 0.1) is 0 Å². The van der Waals surface area contributed by atoms with Gasteiger partial charge in [0, 0.05) is 29.9 Å². The molecule has 0 spiro atoms. The molecule has 0 atom stereocenters. The molecule has 5 heteroatoms. The number of carbonyl (C=O) groups excluding carboxylic acids is 1. The molecule has 1 N–H and O–H groups in total. The van der Waals surface area contributed by atoms with E-state index in [0.29, 0.717) is 5.69 Å². The van der Waals surface area contributed by atoms with Crippen LogP contribution in [-0.4, -0.2) is 39.5 Å². The van der Waals surface area contributed by atoms with Crippen LogP contribution in [0.3, 0.4) is 0 Å². The van der Waals surface area contributed by atoms with Crippen LogP contribution in [0.25, 0.3) is 22.0 Å². The average Bonchev–Trinajstić information content (AvgIpc) is 2.93. The van der Waals surface area contributed by atoms with Crippen molar-refractivity contribution in [3.8, 4) is 11.1 Å². The molecule has 3 heterocycles. The lowest BCUT2D eigenvalue weighted by atomic mass is 10.0. The van der Waals surface area contributed by atoms with Crippen molar-refractivity contribution in [1.82, 2.24) is 20.1 Å². The van der Waals surface area contributed by atoms with Crippen LogP contribution < -0.4 is 0 Å². The Labute approximate surface area is 128 Å². The fraction of sp³-hybridized carbons (Fsp3) is 0.235. The quantitative estimate of drug-likeness (QED) is 0.751. The molecule has 1 saturated heterocycles. The highest BCUT2D eigenvalue weighted by atomic mass is 16.1. The van der Waals surface area contributed by atoms with Gasteiger partial charge in [0.15, 0.2) is 6.29 Å². The zero-order valence-electron chi connectivity index (χ0n) is 12.1. The van der Waals surface area contributed by atoms with E-state index in [0.717, 1.165) is 34.9 Å². The summed E-state index contributed by atoms with van der Waals surface area (Å²) in [6, 6.07) is 8.11. The summed E-state index contributed by atoms with van der Waals surface area (Å²) in [6.45, 7) is 3.30. The Balaban J connectivity index is 1.71. The van der Waals surface area contributed by atoms with Gasteiger partial charge in [-0.3, -0.25) is 19.8 Å². The molecule has 2 aromatic heterocycles. The number of H-pyrrole nitrogens is 1. The topological polar surface area (TPSA) is 61.9 Å². The summed E-state index contributed by atoms with van der Waals surface area (Å²) in [5.74, 6) is 0. The number of nitrogens with zero attached hydrogens (tertiary/aromatic N) is 3. The van der Waals surface area contributed by atoms with Gasteiger partial charge in [0.25, 0.3) is 0 Å². The SMILES string of the molecule is O=Cc1[nH]nc2ccc(-c3cncc(CN4CCC4)c3)cc12. The molecule has 0 radical (unpaired) electrons. The Bertz CT molecular complexity index is 836. The number of likely N-dealkylation sites (tertiary alicyclic amines) is 1.